The number of thioether (sulfide) groups is 1. The fourth-order valence-corrected chi connectivity index (χ4v) is 9.25. The fourth-order valence-electron chi connectivity index (χ4n) is 6.58. The van der Waals surface area contributed by atoms with Gasteiger partial charge in [0, 0.05) is 5.38 Å². The average molecular weight is 894 g/mol. The summed E-state index contributed by atoms with van der Waals surface area (Å²) in [4.78, 5) is 51.0. The molecule has 316 valence electrons. The first-order valence-electron chi connectivity index (χ1n) is 18.1. The molecular formula is C41H34F3N5O9S3. The Morgan fingerprint density at radius 2 is 1.46 bits per heavy atom. The number of amides is 2. The van der Waals surface area contributed by atoms with E-state index in [1.807, 2.05) is 91.0 Å². The smallest absolute Gasteiger partial charge is 0.497 e. The third kappa shape index (κ3) is 8.77. The normalized spacial score (nSPS) is 16.8. The van der Waals surface area contributed by atoms with Crippen molar-refractivity contribution in [2.45, 2.75) is 34.8 Å². The number of carbonyl (C=O) groups is 3. The molecule has 61 heavy (non-hydrogen) atoms. The minimum absolute atomic E-state index is 0.0373. The first kappa shape index (κ1) is 42.7. The van der Waals surface area contributed by atoms with E-state index in [1.54, 1.807) is 24.3 Å². The number of halogens is 3. The summed E-state index contributed by atoms with van der Waals surface area (Å²) in [5.41, 5.74) is -5.41. The van der Waals surface area contributed by atoms with E-state index in [9.17, 15) is 36.0 Å². The van der Waals surface area contributed by atoms with Crippen molar-refractivity contribution in [3.05, 3.63) is 160 Å². The molecule has 0 aliphatic carbocycles. The Labute approximate surface area is 355 Å². The van der Waals surface area contributed by atoms with Gasteiger partial charge in [0.25, 0.3) is 5.91 Å². The Bertz CT molecular complexity index is 2480. The molecule has 2 aliphatic rings. The van der Waals surface area contributed by atoms with Gasteiger partial charge in [0.1, 0.15) is 36.1 Å². The number of nitrogens with zero attached hydrogens (tertiary/aromatic N) is 3. The van der Waals surface area contributed by atoms with Crippen LogP contribution in [0.3, 0.4) is 0 Å². The predicted octanol–water partition coefficient (Wildman–Crippen LogP) is 6.47. The van der Waals surface area contributed by atoms with Gasteiger partial charge < -0.3 is 29.1 Å². The number of anilines is 1. The first-order chi connectivity index (χ1) is 29.3. The van der Waals surface area contributed by atoms with Gasteiger partial charge in [-0.3, -0.25) is 14.5 Å². The molecule has 1 unspecified atom stereocenters. The van der Waals surface area contributed by atoms with E-state index in [4.69, 9.17) is 14.3 Å². The molecule has 7 rings (SSSR count). The summed E-state index contributed by atoms with van der Waals surface area (Å²) in [7, 11) is -3.87. The lowest BCUT2D eigenvalue weighted by Crippen LogP contribution is -2.58. The van der Waals surface area contributed by atoms with Crippen molar-refractivity contribution in [3.8, 4) is 5.75 Å². The van der Waals surface area contributed by atoms with E-state index < -0.39 is 73.5 Å². The second-order valence-corrected chi connectivity index (χ2v) is 16.8. The van der Waals surface area contributed by atoms with Crippen molar-refractivity contribution in [3.63, 3.8) is 0 Å². The molecule has 1 saturated heterocycles. The van der Waals surface area contributed by atoms with E-state index in [-0.39, 0.29) is 12.1 Å². The number of oxime groups is 1. The molecule has 2 atom stereocenters. The van der Waals surface area contributed by atoms with E-state index in [2.05, 4.69) is 25.0 Å². The van der Waals surface area contributed by atoms with Crippen molar-refractivity contribution in [2.24, 2.45) is 5.16 Å². The SMILES string of the molecule is CON=C(C(=O)NC1S[C@H]2CC(=O)N2C(C(=O)OCc2ccc(OC)cc2)=C1OS(=O)(=O)C(F)(F)F)c1csc(NC(c2ccccc2)(c2ccccc2)c2ccccc2)n1. The highest BCUT2D eigenvalue weighted by Gasteiger charge is 2.55. The number of nitrogens with one attached hydrogen (secondary N) is 2. The second-order valence-electron chi connectivity index (χ2n) is 13.2. The number of ether oxygens (including phenoxy) is 2. The Morgan fingerprint density at radius 3 is 1.97 bits per heavy atom. The van der Waals surface area contributed by atoms with Crippen LogP contribution >= 0.6 is 23.1 Å². The monoisotopic (exact) mass is 893 g/mol. The number of benzene rings is 4. The fraction of sp³-hybridized carbons (Fsp3) is 0.195. The summed E-state index contributed by atoms with van der Waals surface area (Å²) in [5, 5.41) is 8.94. The second kappa shape index (κ2) is 17.7. The van der Waals surface area contributed by atoms with Gasteiger partial charge in [-0.1, -0.05) is 108 Å². The lowest BCUT2D eigenvalue weighted by Gasteiger charge is -2.46. The third-order valence-electron chi connectivity index (χ3n) is 9.44. The number of carbonyl (C=O) groups excluding carboxylic acids is 3. The molecular weight excluding hydrogens is 860 g/mol. The summed E-state index contributed by atoms with van der Waals surface area (Å²) in [6.45, 7) is -0.437. The summed E-state index contributed by atoms with van der Waals surface area (Å²) in [6, 6.07) is 35.1. The zero-order chi connectivity index (χ0) is 43.4. The lowest BCUT2D eigenvalue weighted by atomic mass is 9.77. The molecule has 2 N–H and O–H groups in total. The molecule has 2 aliphatic heterocycles. The number of rotatable bonds is 15. The molecule has 0 radical (unpaired) electrons. The molecule has 0 spiro atoms. The van der Waals surface area contributed by atoms with Crippen LogP contribution in [0.4, 0.5) is 18.3 Å². The highest BCUT2D eigenvalue weighted by atomic mass is 32.2. The van der Waals surface area contributed by atoms with Crippen molar-refractivity contribution in [1.82, 2.24) is 15.2 Å². The van der Waals surface area contributed by atoms with Gasteiger partial charge in [0.05, 0.1) is 18.9 Å². The van der Waals surface area contributed by atoms with Gasteiger partial charge in [-0.15, -0.1) is 23.1 Å². The minimum Gasteiger partial charge on any atom is -0.497 e. The van der Waals surface area contributed by atoms with Crippen molar-refractivity contribution in [2.75, 3.05) is 19.5 Å². The predicted molar refractivity (Wildman–Crippen MR) is 219 cm³/mol. The summed E-state index contributed by atoms with van der Waals surface area (Å²) < 4.78 is 81.5. The number of hydrogen-bond acceptors (Lipinski definition) is 14. The Morgan fingerprint density at radius 1 is 0.885 bits per heavy atom. The molecule has 1 aromatic heterocycles. The number of fused-ring (bicyclic) bond motifs is 1. The number of alkyl halides is 3. The minimum atomic E-state index is -6.46. The number of aromatic nitrogens is 1. The molecule has 0 saturated carbocycles. The summed E-state index contributed by atoms with van der Waals surface area (Å²) in [6.07, 6.45) is -0.211. The topological polar surface area (TPSA) is 175 Å². The Balaban J connectivity index is 1.23. The highest BCUT2D eigenvalue weighted by molar-refractivity contribution is 8.00. The van der Waals surface area contributed by atoms with Crippen LogP contribution in [-0.4, -0.2) is 72.3 Å². The molecule has 14 nitrogen and oxygen atoms in total. The van der Waals surface area contributed by atoms with Crippen LogP contribution in [0, 0.1) is 0 Å². The molecule has 0 bridgehead atoms. The van der Waals surface area contributed by atoms with E-state index in [0.29, 0.717) is 28.2 Å². The van der Waals surface area contributed by atoms with E-state index in [1.165, 1.54) is 12.5 Å². The molecule has 4 aromatic carbocycles. The number of hydrogen-bond donors (Lipinski definition) is 2. The number of esters is 1. The maximum atomic E-state index is 14.1. The van der Waals surface area contributed by atoms with Crippen LogP contribution < -0.4 is 15.4 Å². The van der Waals surface area contributed by atoms with Crippen LogP contribution in [0.15, 0.2) is 137 Å². The van der Waals surface area contributed by atoms with Crippen LogP contribution in [0.2, 0.25) is 0 Å². The molecule has 5 aromatic rings. The highest BCUT2D eigenvalue weighted by Crippen LogP contribution is 2.46. The molecule has 3 heterocycles. The Kier molecular flexibility index (Phi) is 12.4. The lowest BCUT2D eigenvalue weighted by molar-refractivity contribution is -0.150. The maximum absolute atomic E-state index is 14.1. The average Bonchev–Trinajstić information content (AvgIpc) is 3.72. The van der Waals surface area contributed by atoms with E-state index in [0.717, 1.165) is 40.0 Å². The van der Waals surface area contributed by atoms with Gasteiger partial charge in [-0.2, -0.15) is 21.6 Å². The van der Waals surface area contributed by atoms with Crippen LogP contribution in [0.5, 0.6) is 5.75 Å². The quantitative estimate of drug-likeness (QED) is 0.0223. The van der Waals surface area contributed by atoms with Gasteiger partial charge in [-0.05, 0) is 34.4 Å². The largest absolute Gasteiger partial charge is 0.534 e. The first-order valence-corrected chi connectivity index (χ1v) is 21.3. The molecule has 20 heteroatoms. The van der Waals surface area contributed by atoms with Gasteiger partial charge in [0.15, 0.2) is 22.3 Å². The molecule has 1 fully saturated rings. The van der Waals surface area contributed by atoms with Crippen LogP contribution in [-0.2, 0) is 50.4 Å². The standard InChI is InChI=1S/C41H34F3N5O9S3/c1-55-29-20-18-25(19-21-29)23-57-38(52)34-35(58-61(53,54)41(42,43)44)37(60-32-22-31(50)49(32)34)46-36(51)33(48-56-2)30-24-59-39(45-30)47-40(26-12-6-3-7-13-26,27-14-8-4-9-15-27)28-16-10-5-11-17-28/h3-21,24,32,37H,22-23H2,1-2H3,(H,45,47)(H,46,51)/t32-,37?/m0/s1. The maximum Gasteiger partial charge on any atom is 0.534 e. The number of thiazole rings is 1. The number of β-lactam (4-membered cyclic amide) rings is 1. The van der Waals surface area contributed by atoms with Crippen molar-refractivity contribution < 1.29 is 54.5 Å². The van der Waals surface area contributed by atoms with Gasteiger partial charge in [-0.25, -0.2) is 9.78 Å². The zero-order valence-corrected chi connectivity index (χ0v) is 34.4. The summed E-state index contributed by atoms with van der Waals surface area (Å²) >= 11 is 1.77. The van der Waals surface area contributed by atoms with E-state index >= 15 is 0 Å². The van der Waals surface area contributed by atoms with Gasteiger partial charge in [0.2, 0.25) is 5.91 Å². The third-order valence-corrected chi connectivity index (χ3v) is 12.5. The summed E-state index contributed by atoms with van der Waals surface area (Å²) in [5.74, 6) is -3.95. The number of methoxy groups -OCH3 is 1. The van der Waals surface area contributed by atoms with Crippen molar-refractivity contribution in [1.29, 1.82) is 0 Å². The van der Waals surface area contributed by atoms with Crippen molar-refractivity contribution >= 4 is 61.8 Å². The Hall–Kier alpha value is -6.38. The van der Waals surface area contributed by atoms with Crippen LogP contribution in [0.25, 0.3) is 0 Å². The van der Waals surface area contributed by atoms with Crippen LogP contribution in [0.1, 0.15) is 34.4 Å². The molecule has 2 amide bonds. The van der Waals surface area contributed by atoms with Gasteiger partial charge >= 0.3 is 21.6 Å². The zero-order valence-electron chi connectivity index (χ0n) is 32.0.